The van der Waals surface area contributed by atoms with Crippen LogP contribution in [0.4, 0.5) is 0 Å². The first-order valence-electron chi connectivity index (χ1n) is 9.71. The van der Waals surface area contributed by atoms with Crippen LogP contribution in [0, 0.1) is 0 Å². The van der Waals surface area contributed by atoms with Crippen molar-refractivity contribution < 1.29 is 0 Å². The maximum Gasteiger partial charge on any atom is -0.00264 e. The minimum absolute atomic E-state index is 1.26. The highest BCUT2D eigenvalue weighted by atomic mass is 14.3. The average Bonchev–Trinajstić information content (AvgIpc) is 3.09. The van der Waals surface area contributed by atoms with Crippen LogP contribution in [0.25, 0.3) is 55.3 Å². The highest BCUT2D eigenvalue weighted by Gasteiger charge is 2.23. The quantitative estimate of drug-likeness (QED) is 0.297. The van der Waals surface area contributed by atoms with E-state index in [1.54, 1.807) is 0 Å². The molecule has 130 valence electrons. The summed E-state index contributed by atoms with van der Waals surface area (Å²) in [6.07, 6.45) is 0. The molecule has 0 atom stereocenters. The van der Waals surface area contributed by atoms with Gasteiger partial charge < -0.3 is 0 Å². The molecule has 5 aromatic carbocycles. The van der Waals surface area contributed by atoms with Crippen LogP contribution in [-0.4, -0.2) is 0 Å². The van der Waals surface area contributed by atoms with Gasteiger partial charge in [-0.1, -0.05) is 97.1 Å². The van der Waals surface area contributed by atoms with E-state index in [2.05, 4.69) is 109 Å². The molecule has 0 bridgehead atoms. The summed E-state index contributed by atoms with van der Waals surface area (Å²) >= 11 is 0. The number of hydrogen-bond acceptors (Lipinski definition) is 0. The maximum absolute atomic E-state index is 2.39. The number of benzene rings is 5. The van der Waals surface area contributed by atoms with E-state index in [1.165, 1.54) is 55.3 Å². The first-order chi connectivity index (χ1) is 13.9. The molecule has 0 saturated heterocycles. The van der Waals surface area contributed by atoms with Crippen molar-refractivity contribution in [3.05, 3.63) is 109 Å². The molecule has 5 aromatic rings. The van der Waals surface area contributed by atoms with Gasteiger partial charge in [-0.25, -0.2) is 0 Å². The third kappa shape index (κ3) is 2.18. The monoisotopic (exact) mass is 354 g/mol. The van der Waals surface area contributed by atoms with E-state index in [1.807, 2.05) is 0 Å². The smallest absolute Gasteiger partial charge is 0.00264 e. The van der Waals surface area contributed by atoms with Gasteiger partial charge in [0.15, 0.2) is 0 Å². The van der Waals surface area contributed by atoms with Crippen LogP contribution in [0.15, 0.2) is 109 Å². The van der Waals surface area contributed by atoms with Crippen molar-refractivity contribution in [3.63, 3.8) is 0 Å². The van der Waals surface area contributed by atoms with Crippen molar-refractivity contribution in [2.45, 2.75) is 0 Å². The molecule has 0 fully saturated rings. The summed E-state index contributed by atoms with van der Waals surface area (Å²) in [6.45, 7) is 0. The number of rotatable bonds is 2. The third-order valence-electron chi connectivity index (χ3n) is 5.81. The molecule has 0 amide bonds. The topological polar surface area (TPSA) is 0 Å². The van der Waals surface area contributed by atoms with Crippen molar-refractivity contribution >= 4 is 10.8 Å². The van der Waals surface area contributed by atoms with Crippen molar-refractivity contribution in [1.82, 2.24) is 0 Å². The van der Waals surface area contributed by atoms with E-state index in [4.69, 9.17) is 0 Å². The second kappa shape index (κ2) is 5.94. The molecule has 0 radical (unpaired) electrons. The van der Waals surface area contributed by atoms with E-state index in [9.17, 15) is 0 Å². The average molecular weight is 354 g/mol. The molecule has 0 N–H and O–H groups in total. The zero-order chi connectivity index (χ0) is 18.5. The maximum atomic E-state index is 2.39. The lowest BCUT2D eigenvalue weighted by Gasteiger charge is -2.14. The first-order valence-corrected chi connectivity index (χ1v) is 9.71. The molecular formula is C28H18. The molecule has 0 saturated carbocycles. The van der Waals surface area contributed by atoms with Crippen molar-refractivity contribution in [1.29, 1.82) is 0 Å². The lowest BCUT2D eigenvalue weighted by Crippen LogP contribution is -1.88. The predicted molar refractivity (Wildman–Crippen MR) is 119 cm³/mol. The largest absolute Gasteiger partial charge is 0.0622 e. The van der Waals surface area contributed by atoms with Gasteiger partial charge in [0, 0.05) is 0 Å². The normalized spacial score (nSPS) is 11.6. The van der Waals surface area contributed by atoms with E-state index in [-0.39, 0.29) is 0 Å². The Hall–Kier alpha value is -3.64. The highest BCUT2D eigenvalue weighted by Crippen LogP contribution is 2.50. The Kier molecular flexibility index (Phi) is 3.27. The molecular weight excluding hydrogens is 336 g/mol. The van der Waals surface area contributed by atoms with Crippen LogP contribution >= 0.6 is 0 Å². The summed E-state index contributed by atoms with van der Waals surface area (Å²) in [5, 5.41) is 2.69. The fourth-order valence-electron chi connectivity index (χ4n) is 4.55. The summed E-state index contributed by atoms with van der Waals surface area (Å²) in [5.74, 6) is 0. The van der Waals surface area contributed by atoms with Gasteiger partial charge in [-0.3, -0.25) is 0 Å². The Morgan fingerprint density at radius 1 is 0.321 bits per heavy atom. The standard InChI is InChI=1S/C28H18/c1-3-9-19(10-4-1)24-17-26-22-15-7-13-21-14-8-16-23(28(21)22)27(26)18-25(24)20-11-5-2-6-12-20/h1-18H. The highest BCUT2D eigenvalue weighted by molar-refractivity contribution is 6.16. The van der Waals surface area contributed by atoms with Crippen molar-refractivity contribution in [2.24, 2.45) is 0 Å². The summed E-state index contributed by atoms with van der Waals surface area (Å²) < 4.78 is 0. The first kappa shape index (κ1) is 15.4. The van der Waals surface area contributed by atoms with Gasteiger partial charge in [-0.2, -0.15) is 0 Å². The van der Waals surface area contributed by atoms with Gasteiger partial charge in [0.2, 0.25) is 0 Å². The molecule has 6 rings (SSSR count). The summed E-state index contributed by atoms with van der Waals surface area (Å²) in [6, 6.07) is 39.5. The molecule has 0 aromatic heterocycles. The minimum atomic E-state index is 1.26. The lowest BCUT2D eigenvalue weighted by molar-refractivity contribution is 1.58. The van der Waals surface area contributed by atoms with Crippen molar-refractivity contribution in [3.8, 4) is 44.5 Å². The third-order valence-corrected chi connectivity index (χ3v) is 5.81. The fourth-order valence-corrected chi connectivity index (χ4v) is 4.55. The molecule has 28 heavy (non-hydrogen) atoms. The van der Waals surface area contributed by atoms with Gasteiger partial charge in [0.1, 0.15) is 0 Å². The molecule has 0 aliphatic heterocycles. The van der Waals surface area contributed by atoms with Gasteiger partial charge in [-0.05, 0) is 67.4 Å². The minimum Gasteiger partial charge on any atom is -0.0622 e. The molecule has 0 nitrogen and oxygen atoms in total. The van der Waals surface area contributed by atoms with E-state index >= 15 is 0 Å². The van der Waals surface area contributed by atoms with Crippen molar-refractivity contribution in [2.75, 3.05) is 0 Å². The molecule has 0 heteroatoms. The van der Waals surface area contributed by atoms with Crippen LogP contribution in [0.1, 0.15) is 0 Å². The van der Waals surface area contributed by atoms with Gasteiger partial charge in [0.25, 0.3) is 0 Å². The molecule has 0 heterocycles. The van der Waals surface area contributed by atoms with Crippen LogP contribution in [0.3, 0.4) is 0 Å². The fraction of sp³-hybridized carbons (Fsp3) is 0. The molecule has 1 aliphatic carbocycles. The van der Waals surface area contributed by atoms with E-state index in [0.29, 0.717) is 0 Å². The van der Waals surface area contributed by atoms with Gasteiger partial charge >= 0.3 is 0 Å². The zero-order valence-electron chi connectivity index (χ0n) is 15.4. The predicted octanol–water partition coefficient (Wildman–Crippen LogP) is 7.82. The number of hydrogen-bond donors (Lipinski definition) is 0. The summed E-state index contributed by atoms with van der Waals surface area (Å²) in [7, 11) is 0. The van der Waals surface area contributed by atoms with E-state index in [0.717, 1.165) is 0 Å². The van der Waals surface area contributed by atoms with Crippen LogP contribution in [0.2, 0.25) is 0 Å². The Labute approximate surface area is 164 Å². The Morgan fingerprint density at radius 2 is 0.786 bits per heavy atom. The Bertz CT molecular complexity index is 1230. The van der Waals surface area contributed by atoms with Crippen LogP contribution in [-0.2, 0) is 0 Å². The van der Waals surface area contributed by atoms with E-state index < -0.39 is 0 Å². The van der Waals surface area contributed by atoms with Gasteiger partial charge in [-0.15, -0.1) is 0 Å². The Morgan fingerprint density at radius 3 is 1.25 bits per heavy atom. The summed E-state index contributed by atoms with van der Waals surface area (Å²) in [4.78, 5) is 0. The number of fused-ring (bicyclic) bond motifs is 3. The summed E-state index contributed by atoms with van der Waals surface area (Å²) in [5.41, 5.74) is 10.5. The lowest BCUT2D eigenvalue weighted by atomic mass is 9.89. The second-order valence-electron chi connectivity index (χ2n) is 7.38. The van der Waals surface area contributed by atoms with Gasteiger partial charge in [0.05, 0.1) is 0 Å². The molecule has 0 spiro atoms. The molecule has 1 aliphatic rings. The molecule has 0 unspecified atom stereocenters. The zero-order valence-corrected chi connectivity index (χ0v) is 15.4. The second-order valence-corrected chi connectivity index (χ2v) is 7.38. The van der Waals surface area contributed by atoms with Crippen LogP contribution < -0.4 is 0 Å². The Balaban J connectivity index is 1.72. The van der Waals surface area contributed by atoms with Crippen LogP contribution in [0.5, 0.6) is 0 Å². The SMILES string of the molecule is c1ccc(-c2cc3c(cc2-c2ccccc2)-c2cccc4cccc-3c24)cc1.